The zero-order valence-corrected chi connectivity index (χ0v) is 13.4. The van der Waals surface area contributed by atoms with E-state index in [9.17, 15) is 14.9 Å². The summed E-state index contributed by atoms with van der Waals surface area (Å²) in [5.74, 6) is 0.277. The van der Waals surface area contributed by atoms with Crippen LogP contribution in [0.15, 0.2) is 24.3 Å². The number of hydrogen-bond donors (Lipinski definition) is 1. The molecule has 0 bridgehead atoms. The molecule has 7 nitrogen and oxygen atoms in total. The van der Waals surface area contributed by atoms with Crippen molar-refractivity contribution in [3.05, 3.63) is 34.4 Å². The summed E-state index contributed by atoms with van der Waals surface area (Å²) in [4.78, 5) is 24.6. The first-order valence-corrected chi connectivity index (χ1v) is 7.99. The van der Waals surface area contributed by atoms with Crippen molar-refractivity contribution in [3.63, 3.8) is 0 Å². The van der Waals surface area contributed by atoms with Gasteiger partial charge in [-0.2, -0.15) is 0 Å². The summed E-state index contributed by atoms with van der Waals surface area (Å²) >= 11 is 0. The van der Waals surface area contributed by atoms with Crippen LogP contribution >= 0.6 is 0 Å². The first kappa shape index (κ1) is 17.2. The van der Waals surface area contributed by atoms with Gasteiger partial charge in [0.15, 0.2) is 6.61 Å². The number of amides is 1. The summed E-state index contributed by atoms with van der Waals surface area (Å²) in [6.45, 7) is 4.50. The van der Waals surface area contributed by atoms with Gasteiger partial charge < -0.3 is 15.0 Å². The second kappa shape index (κ2) is 8.47. The van der Waals surface area contributed by atoms with Crippen molar-refractivity contribution in [1.82, 2.24) is 10.2 Å². The van der Waals surface area contributed by atoms with Gasteiger partial charge in [-0.05, 0) is 38.4 Å². The van der Waals surface area contributed by atoms with Gasteiger partial charge in [0.2, 0.25) is 0 Å². The normalized spacial score (nSPS) is 15.2. The minimum Gasteiger partial charge on any atom is -0.484 e. The highest BCUT2D eigenvalue weighted by atomic mass is 16.6. The fourth-order valence-corrected chi connectivity index (χ4v) is 2.79. The molecule has 1 fully saturated rings. The van der Waals surface area contributed by atoms with Crippen molar-refractivity contribution in [2.75, 3.05) is 26.2 Å². The van der Waals surface area contributed by atoms with Crippen LogP contribution in [0.1, 0.15) is 26.2 Å². The van der Waals surface area contributed by atoms with Gasteiger partial charge in [-0.1, -0.05) is 13.0 Å². The molecule has 0 unspecified atom stereocenters. The molecule has 23 heavy (non-hydrogen) atoms. The lowest BCUT2D eigenvalue weighted by atomic mass is 10.0. The Morgan fingerprint density at radius 3 is 2.83 bits per heavy atom. The van der Waals surface area contributed by atoms with E-state index >= 15 is 0 Å². The van der Waals surface area contributed by atoms with Crippen LogP contribution in [0.2, 0.25) is 0 Å². The van der Waals surface area contributed by atoms with E-state index in [-0.39, 0.29) is 24.2 Å². The molecule has 126 valence electrons. The van der Waals surface area contributed by atoms with Crippen molar-refractivity contribution in [1.29, 1.82) is 0 Å². The number of benzene rings is 1. The summed E-state index contributed by atoms with van der Waals surface area (Å²) in [7, 11) is 0. The second-order valence-corrected chi connectivity index (χ2v) is 5.61. The summed E-state index contributed by atoms with van der Waals surface area (Å²) < 4.78 is 5.47. The molecular weight excluding hydrogens is 298 g/mol. The van der Waals surface area contributed by atoms with E-state index < -0.39 is 4.92 Å². The molecule has 0 radical (unpaired) electrons. The molecule has 1 aromatic rings. The first-order valence-electron chi connectivity index (χ1n) is 7.99. The number of nitrogens with zero attached hydrogens (tertiary/aromatic N) is 2. The molecule has 2 rings (SSSR count). The molecular formula is C16H23N3O4. The van der Waals surface area contributed by atoms with Crippen LogP contribution in [-0.2, 0) is 4.79 Å². The fraction of sp³-hybridized carbons (Fsp3) is 0.562. The van der Waals surface area contributed by atoms with E-state index in [1.54, 1.807) is 12.1 Å². The van der Waals surface area contributed by atoms with Crippen LogP contribution in [0.5, 0.6) is 5.75 Å². The average Bonchev–Trinajstić information content (AvgIpc) is 2.58. The maximum Gasteiger partial charge on any atom is 0.273 e. The molecule has 0 saturated carbocycles. The molecule has 1 heterocycles. The largest absolute Gasteiger partial charge is 0.484 e. The molecule has 1 amide bonds. The number of piperidine rings is 1. The summed E-state index contributed by atoms with van der Waals surface area (Å²) in [6.07, 6.45) is 2.79. The van der Waals surface area contributed by atoms with Crippen LogP contribution in [0.25, 0.3) is 0 Å². The van der Waals surface area contributed by atoms with Crippen molar-refractivity contribution in [2.45, 2.75) is 32.2 Å². The number of nitrogens with one attached hydrogen (secondary N) is 1. The Morgan fingerprint density at radius 1 is 1.43 bits per heavy atom. The molecule has 0 aliphatic carbocycles. The number of non-ortho nitro benzene ring substituents is 1. The van der Waals surface area contributed by atoms with E-state index in [1.807, 2.05) is 11.8 Å². The molecule has 0 aromatic heterocycles. The third kappa shape index (κ3) is 4.92. The van der Waals surface area contributed by atoms with Gasteiger partial charge in [-0.15, -0.1) is 0 Å². The van der Waals surface area contributed by atoms with Gasteiger partial charge in [0, 0.05) is 18.7 Å². The average molecular weight is 321 g/mol. The lowest BCUT2D eigenvalue weighted by molar-refractivity contribution is -0.384. The van der Waals surface area contributed by atoms with Crippen LogP contribution in [-0.4, -0.2) is 48.0 Å². The number of nitro groups is 1. The van der Waals surface area contributed by atoms with Gasteiger partial charge in [0.1, 0.15) is 5.75 Å². The Bertz CT molecular complexity index is 544. The maximum atomic E-state index is 12.5. The predicted molar refractivity (Wildman–Crippen MR) is 86.5 cm³/mol. The van der Waals surface area contributed by atoms with E-state index in [2.05, 4.69) is 5.32 Å². The van der Waals surface area contributed by atoms with E-state index in [4.69, 9.17) is 4.74 Å². The highest BCUT2D eigenvalue weighted by Gasteiger charge is 2.24. The lowest BCUT2D eigenvalue weighted by Crippen LogP contribution is -2.48. The van der Waals surface area contributed by atoms with Crippen LogP contribution in [0, 0.1) is 10.1 Å². The van der Waals surface area contributed by atoms with E-state index in [1.165, 1.54) is 12.1 Å². The van der Waals surface area contributed by atoms with Crippen LogP contribution in [0.3, 0.4) is 0 Å². The van der Waals surface area contributed by atoms with Crippen molar-refractivity contribution in [3.8, 4) is 5.75 Å². The minimum absolute atomic E-state index is 0.0429. The van der Waals surface area contributed by atoms with Gasteiger partial charge in [-0.25, -0.2) is 0 Å². The molecule has 0 atom stereocenters. The molecule has 1 aliphatic rings. The van der Waals surface area contributed by atoms with E-state index in [0.29, 0.717) is 12.3 Å². The number of carbonyl (C=O) groups is 1. The zero-order chi connectivity index (χ0) is 16.7. The topological polar surface area (TPSA) is 84.7 Å². The standard InChI is InChI=1S/C16H23N3O4/c1-2-10-18(13-6-8-17-9-7-13)16(20)12-23-15-5-3-4-14(11-15)19(21)22/h3-5,11,13,17H,2,6-10,12H2,1H3. The second-order valence-electron chi connectivity index (χ2n) is 5.61. The SMILES string of the molecule is CCCN(C(=O)COc1cccc([N+](=O)[O-])c1)C1CCNCC1. The maximum absolute atomic E-state index is 12.5. The van der Waals surface area contributed by atoms with Gasteiger partial charge in [0.05, 0.1) is 11.0 Å². The highest BCUT2D eigenvalue weighted by Crippen LogP contribution is 2.19. The van der Waals surface area contributed by atoms with Gasteiger partial charge >= 0.3 is 0 Å². The quantitative estimate of drug-likeness (QED) is 0.613. The predicted octanol–water partition coefficient (Wildman–Crippen LogP) is 1.96. The molecule has 1 aromatic carbocycles. The number of hydrogen-bond acceptors (Lipinski definition) is 5. The summed E-state index contributed by atoms with van der Waals surface area (Å²) in [5, 5.41) is 14.1. The smallest absolute Gasteiger partial charge is 0.273 e. The highest BCUT2D eigenvalue weighted by molar-refractivity contribution is 5.78. The summed E-state index contributed by atoms with van der Waals surface area (Å²) in [5.41, 5.74) is -0.0429. The number of rotatable bonds is 7. The monoisotopic (exact) mass is 321 g/mol. The lowest BCUT2D eigenvalue weighted by Gasteiger charge is -2.34. The Hall–Kier alpha value is -2.15. The van der Waals surface area contributed by atoms with Gasteiger partial charge in [0.25, 0.3) is 11.6 Å². The molecule has 1 aliphatic heterocycles. The van der Waals surface area contributed by atoms with Crippen molar-refractivity contribution < 1.29 is 14.5 Å². The van der Waals surface area contributed by atoms with Crippen LogP contribution < -0.4 is 10.1 Å². The molecule has 0 spiro atoms. The van der Waals surface area contributed by atoms with Crippen LogP contribution in [0.4, 0.5) is 5.69 Å². The van der Waals surface area contributed by atoms with Crippen molar-refractivity contribution in [2.24, 2.45) is 0 Å². The fourth-order valence-electron chi connectivity index (χ4n) is 2.79. The molecule has 1 N–H and O–H groups in total. The number of ether oxygens (including phenoxy) is 1. The zero-order valence-electron chi connectivity index (χ0n) is 13.4. The van der Waals surface area contributed by atoms with E-state index in [0.717, 1.165) is 32.4 Å². The Balaban J connectivity index is 1.95. The summed E-state index contributed by atoms with van der Waals surface area (Å²) in [6, 6.07) is 6.15. The van der Waals surface area contributed by atoms with Gasteiger partial charge in [-0.3, -0.25) is 14.9 Å². The molecule has 1 saturated heterocycles. The first-order chi connectivity index (χ1) is 11.1. The Morgan fingerprint density at radius 2 is 2.17 bits per heavy atom. The number of carbonyl (C=O) groups excluding carboxylic acids is 1. The third-order valence-corrected chi connectivity index (χ3v) is 3.93. The Kier molecular flexibility index (Phi) is 6.34. The minimum atomic E-state index is -0.479. The Labute approximate surface area is 135 Å². The molecule has 7 heteroatoms. The number of nitro benzene ring substituents is 1. The van der Waals surface area contributed by atoms with Crippen molar-refractivity contribution >= 4 is 11.6 Å². The third-order valence-electron chi connectivity index (χ3n) is 3.93.